The predicted molar refractivity (Wildman–Crippen MR) is 136 cm³/mol. The predicted octanol–water partition coefficient (Wildman–Crippen LogP) is 4.63. The van der Waals surface area contributed by atoms with E-state index in [4.69, 9.17) is 27.9 Å². The first-order chi connectivity index (χ1) is 16.9. The number of carbonyl (C=O) groups is 3. The lowest BCUT2D eigenvalue weighted by Crippen LogP contribution is -2.53. The highest BCUT2D eigenvalue weighted by molar-refractivity contribution is 7.12. The number of halogens is 2. The molecule has 1 aromatic heterocycles. The van der Waals surface area contributed by atoms with Crippen LogP contribution in [0.1, 0.15) is 21.7 Å². The van der Waals surface area contributed by atoms with Gasteiger partial charge in [-0.25, -0.2) is 0 Å². The highest BCUT2D eigenvalue weighted by Gasteiger charge is 2.48. The standard InChI is InChI=1S/C26H22Cl2N2O4S/c27-18-7-6-15(10-19(18)28)11-20(26(33)30-9-8-22-24(30)21(31)13-34-22)29-25(32)23-12-17(14-35-23)16-4-2-1-3-5-16/h1-7,10,12,14,20,22,24H,8-9,11,13H2,(H,29,32). The topological polar surface area (TPSA) is 75.7 Å². The van der Waals surface area contributed by atoms with Crippen LogP contribution in [0.5, 0.6) is 0 Å². The molecule has 3 heterocycles. The van der Waals surface area contributed by atoms with E-state index in [1.54, 1.807) is 23.1 Å². The molecule has 0 saturated carbocycles. The Hall–Kier alpha value is -2.71. The van der Waals surface area contributed by atoms with Gasteiger partial charge in [-0.1, -0.05) is 59.6 Å². The van der Waals surface area contributed by atoms with E-state index >= 15 is 0 Å². The Balaban J connectivity index is 1.39. The van der Waals surface area contributed by atoms with Crippen LogP contribution in [-0.2, 0) is 20.7 Å². The molecule has 35 heavy (non-hydrogen) atoms. The molecular weight excluding hydrogens is 507 g/mol. The van der Waals surface area contributed by atoms with Gasteiger partial charge < -0.3 is 15.0 Å². The summed E-state index contributed by atoms with van der Waals surface area (Å²) < 4.78 is 5.53. The lowest BCUT2D eigenvalue weighted by Gasteiger charge is -2.27. The molecule has 2 aromatic carbocycles. The van der Waals surface area contributed by atoms with Crippen molar-refractivity contribution in [3.05, 3.63) is 80.5 Å². The average Bonchev–Trinajstić information content (AvgIpc) is 3.59. The van der Waals surface area contributed by atoms with Gasteiger partial charge in [-0.15, -0.1) is 11.3 Å². The molecule has 0 bridgehead atoms. The Morgan fingerprint density at radius 3 is 2.66 bits per heavy atom. The van der Waals surface area contributed by atoms with Gasteiger partial charge in [0.2, 0.25) is 5.91 Å². The van der Waals surface area contributed by atoms with Gasteiger partial charge in [0.15, 0.2) is 5.78 Å². The Bertz CT molecular complexity index is 1280. The van der Waals surface area contributed by atoms with E-state index in [0.717, 1.165) is 16.7 Å². The summed E-state index contributed by atoms with van der Waals surface area (Å²) in [6, 6.07) is 15.2. The van der Waals surface area contributed by atoms with Gasteiger partial charge in [0.05, 0.1) is 21.0 Å². The van der Waals surface area contributed by atoms with Crippen LogP contribution in [0.4, 0.5) is 0 Å². The van der Waals surface area contributed by atoms with Crippen LogP contribution < -0.4 is 5.32 Å². The number of amides is 2. The molecule has 0 radical (unpaired) electrons. The van der Waals surface area contributed by atoms with E-state index in [9.17, 15) is 14.4 Å². The summed E-state index contributed by atoms with van der Waals surface area (Å²) in [6.07, 6.45) is 0.529. The quantitative estimate of drug-likeness (QED) is 0.505. The molecule has 0 aliphatic carbocycles. The minimum atomic E-state index is -0.880. The number of nitrogens with one attached hydrogen (secondary N) is 1. The molecule has 2 saturated heterocycles. The van der Waals surface area contributed by atoms with Crippen molar-refractivity contribution in [3.8, 4) is 11.1 Å². The summed E-state index contributed by atoms with van der Waals surface area (Å²) in [5.74, 6) is -0.762. The summed E-state index contributed by atoms with van der Waals surface area (Å²) in [6.45, 7) is 0.422. The van der Waals surface area contributed by atoms with E-state index in [0.29, 0.717) is 27.9 Å². The van der Waals surface area contributed by atoms with Crippen LogP contribution in [-0.4, -0.2) is 53.8 Å². The Labute approximate surface area is 216 Å². The van der Waals surface area contributed by atoms with Crippen molar-refractivity contribution in [2.45, 2.75) is 31.0 Å². The van der Waals surface area contributed by atoms with Crippen molar-refractivity contribution in [3.63, 3.8) is 0 Å². The molecule has 3 aromatic rings. The van der Waals surface area contributed by atoms with E-state index in [1.807, 2.05) is 41.8 Å². The van der Waals surface area contributed by atoms with Crippen molar-refractivity contribution >= 4 is 52.1 Å². The maximum absolute atomic E-state index is 13.6. The molecule has 0 spiro atoms. The lowest BCUT2D eigenvalue weighted by atomic mass is 10.0. The van der Waals surface area contributed by atoms with E-state index < -0.39 is 12.1 Å². The monoisotopic (exact) mass is 528 g/mol. The van der Waals surface area contributed by atoms with Crippen LogP contribution in [0.25, 0.3) is 11.1 Å². The van der Waals surface area contributed by atoms with Gasteiger partial charge in [-0.3, -0.25) is 14.4 Å². The molecule has 2 fully saturated rings. The fourth-order valence-corrected chi connectivity index (χ4v) is 5.75. The zero-order valence-electron chi connectivity index (χ0n) is 18.6. The number of carbonyl (C=O) groups excluding carboxylic acids is 3. The Kier molecular flexibility index (Phi) is 6.93. The molecule has 3 atom stereocenters. The molecule has 2 aliphatic rings. The summed E-state index contributed by atoms with van der Waals surface area (Å²) >= 11 is 13.6. The number of nitrogens with zero attached hydrogens (tertiary/aromatic N) is 1. The molecule has 9 heteroatoms. The second-order valence-electron chi connectivity index (χ2n) is 8.63. The molecule has 2 aliphatic heterocycles. The number of thiophene rings is 1. The van der Waals surface area contributed by atoms with Gasteiger partial charge in [0.25, 0.3) is 5.91 Å². The van der Waals surface area contributed by atoms with Gasteiger partial charge in [-0.05, 0) is 46.7 Å². The number of hydrogen-bond donors (Lipinski definition) is 1. The van der Waals surface area contributed by atoms with Crippen molar-refractivity contribution in [1.29, 1.82) is 0 Å². The number of rotatable bonds is 6. The normalized spacial score (nSPS) is 20.1. The molecule has 3 unspecified atom stereocenters. The van der Waals surface area contributed by atoms with Gasteiger partial charge in [-0.2, -0.15) is 0 Å². The van der Waals surface area contributed by atoms with Gasteiger partial charge in [0, 0.05) is 13.0 Å². The summed E-state index contributed by atoms with van der Waals surface area (Å²) in [5, 5.41) is 5.60. The minimum Gasteiger partial charge on any atom is -0.368 e. The van der Waals surface area contributed by atoms with E-state index in [2.05, 4.69) is 5.32 Å². The van der Waals surface area contributed by atoms with Crippen molar-refractivity contribution < 1.29 is 19.1 Å². The molecule has 2 amide bonds. The molecule has 5 rings (SSSR count). The summed E-state index contributed by atoms with van der Waals surface area (Å²) in [4.78, 5) is 41.3. The van der Waals surface area contributed by atoms with Gasteiger partial charge >= 0.3 is 0 Å². The third-order valence-corrected chi connectivity index (χ3v) is 8.02. The first kappa shape index (κ1) is 24.0. The molecule has 6 nitrogen and oxygen atoms in total. The smallest absolute Gasteiger partial charge is 0.262 e. The second kappa shape index (κ2) is 10.1. The fraction of sp³-hybridized carbons (Fsp3) is 0.269. The number of fused-ring (bicyclic) bond motifs is 1. The van der Waals surface area contributed by atoms with Crippen molar-refractivity contribution in [2.75, 3.05) is 13.2 Å². The maximum Gasteiger partial charge on any atom is 0.262 e. The number of ketones is 1. The Morgan fingerprint density at radius 1 is 1.09 bits per heavy atom. The highest BCUT2D eigenvalue weighted by atomic mass is 35.5. The third-order valence-electron chi connectivity index (χ3n) is 6.35. The van der Waals surface area contributed by atoms with Crippen LogP contribution in [0.2, 0.25) is 10.0 Å². The number of benzene rings is 2. The van der Waals surface area contributed by atoms with Crippen molar-refractivity contribution in [2.24, 2.45) is 0 Å². The molecular formula is C26H22Cl2N2O4S. The minimum absolute atomic E-state index is 0.0143. The highest BCUT2D eigenvalue weighted by Crippen LogP contribution is 2.29. The summed E-state index contributed by atoms with van der Waals surface area (Å²) in [7, 11) is 0. The molecule has 1 N–H and O–H groups in total. The number of ether oxygens (including phenoxy) is 1. The number of hydrogen-bond acceptors (Lipinski definition) is 5. The first-order valence-electron chi connectivity index (χ1n) is 11.2. The van der Waals surface area contributed by atoms with Crippen LogP contribution in [0, 0.1) is 0 Å². The number of likely N-dealkylation sites (tertiary alicyclic amines) is 1. The average molecular weight is 529 g/mol. The lowest BCUT2D eigenvalue weighted by molar-refractivity contribution is -0.138. The second-order valence-corrected chi connectivity index (χ2v) is 10.4. The maximum atomic E-state index is 13.6. The van der Waals surface area contributed by atoms with Crippen LogP contribution in [0.15, 0.2) is 60.0 Å². The van der Waals surface area contributed by atoms with E-state index in [-0.39, 0.29) is 36.7 Å². The van der Waals surface area contributed by atoms with E-state index in [1.165, 1.54) is 11.3 Å². The van der Waals surface area contributed by atoms with Crippen molar-refractivity contribution in [1.82, 2.24) is 10.2 Å². The zero-order valence-corrected chi connectivity index (χ0v) is 20.9. The van der Waals surface area contributed by atoms with Crippen LogP contribution >= 0.6 is 34.5 Å². The third kappa shape index (κ3) is 5.00. The van der Waals surface area contributed by atoms with Crippen LogP contribution in [0.3, 0.4) is 0 Å². The Morgan fingerprint density at radius 2 is 1.89 bits per heavy atom. The zero-order chi connectivity index (χ0) is 24.5. The fourth-order valence-electron chi connectivity index (χ4n) is 4.61. The largest absolute Gasteiger partial charge is 0.368 e. The summed E-state index contributed by atoms with van der Waals surface area (Å²) in [5.41, 5.74) is 2.69. The SMILES string of the molecule is O=C(NC(Cc1ccc(Cl)c(Cl)c1)C(=O)N1CCC2OCC(=O)C21)c1cc(-c2ccccc2)cs1. The first-order valence-corrected chi connectivity index (χ1v) is 12.9. The van der Waals surface area contributed by atoms with Gasteiger partial charge in [0.1, 0.15) is 18.7 Å². The molecule has 180 valence electrons. The number of Topliss-reactive ketones (excluding diaryl/α,β-unsaturated/α-hetero) is 1.